The fraction of sp³-hybridized carbons (Fsp3) is 0.296. The van der Waals surface area contributed by atoms with Crippen molar-refractivity contribution in [2.24, 2.45) is 5.73 Å². The molecule has 0 radical (unpaired) electrons. The molecular formula is C27H26ClF2N3O5. The fourth-order valence-electron chi connectivity index (χ4n) is 4.39. The summed E-state index contributed by atoms with van der Waals surface area (Å²) in [4.78, 5) is 37.9. The Hall–Kier alpha value is -3.60. The summed E-state index contributed by atoms with van der Waals surface area (Å²) >= 11 is 6.26. The lowest BCUT2D eigenvalue weighted by atomic mass is 9.92. The number of alkyl halides is 2. The summed E-state index contributed by atoms with van der Waals surface area (Å²) in [7, 11) is 0. The fourth-order valence-corrected chi connectivity index (χ4v) is 4.56. The van der Waals surface area contributed by atoms with Crippen molar-refractivity contribution >= 4 is 29.1 Å². The lowest BCUT2D eigenvalue weighted by Crippen LogP contribution is -2.34. The summed E-state index contributed by atoms with van der Waals surface area (Å²) in [5.41, 5.74) is 8.34. The number of aromatic nitrogens is 1. The molecule has 0 saturated heterocycles. The molecule has 4 rings (SSSR count). The van der Waals surface area contributed by atoms with Gasteiger partial charge in [-0.05, 0) is 66.4 Å². The van der Waals surface area contributed by atoms with Crippen LogP contribution in [-0.2, 0) is 27.3 Å². The number of pyridine rings is 1. The Kier molecular flexibility index (Phi) is 8.55. The minimum absolute atomic E-state index is 0.120. The van der Waals surface area contributed by atoms with Crippen molar-refractivity contribution in [3.05, 3.63) is 86.8 Å². The molecule has 0 aliphatic carbocycles. The molecule has 38 heavy (non-hydrogen) atoms. The molecule has 0 bridgehead atoms. The van der Waals surface area contributed by atoms with Gasteiger partial charge in [-0.2, -0.15) is 8.78 Å². The Balaban J connectivity index is 1.72. The number of amides is 2. The van der Waals surface area contributed by atoms with Crippen molar-refractivity contribution in [2.45, 2.75) is 45.1 Å². The Morgan fingerprint density at radius 2 is 1.87 bits per heavy atom. The second-order valence-corrected chi connectivity index (χ2v) is 9.39. The van der Waals surface area contributed by atoms with Gasteiger partial charge in [0.15, 0.2) is 0 Å². The zero-order valence-electron chi connectivity index (χ0n) is 20.5. The SMILES string of the molecule is C[C@@H]1Cc2ccc(Cl)cc2-c2cc(=O)n([C@@H](CCOC(F)F)C(=O)Nc3ccc(C(N)=O)cc3)cc2CO1. The Morgan fingerprint density at radius 3 is 2.55 bits per heavy atom. The van der Waals surface area contributed by atoms with Crippen LogP contribution in [0.5, 0.6) is 0 Å². The highest BCUT2D eigenvalue weighted by Gasteiger charge is 2.26. The van der Waals surface area contributed by atoms with Gasteiger partial charge >= 0.3 is 6.61 Å². The summed E-state index contributed by atoms with van der Waals surface area (Å²) in [5.74, 6) is -1.25. The van der Waals surface area contributed by atoms with Crippen LogP contribution in [0, 0.1) is 0 Å². The second-order valence-electron chi connectivity index (χ2n) is 8.95. The van der Waals surface area contributed by atoms with E-state index in [0.29, 0.717) is 28.3 Å². The standard InChI is InChI=1S/C27H26ClF2N3O5/c1-15-10-17-2-5-19(28)11-21(17)22-12-24(34)33(13-18(22)14-38-15)23(8-9-37-27(29)30)26(36)32-20-6-3-16(4-7-20)25(31)35/h2-7,11-13,15,23,27H,8-10,14H2,1H3,(H2,31,35)(H,32,36)/t15-,23+/m1/s1. The molecule has 0 spiro atoms. The topological polar surface area (TPSA) is 113 Å². The van der Waals surface area contributed by atoms with E-state index in [0.717, 1.165) is 11.1 Å². The highest BCUT2D eigenvalue weighted by Crippen LogP contribution is 2.33. The lowest BCUT2D eigenvalue weighted by molar-refractivity contribution is -0.135. The molecule has 2 heterocycles. The van der Waals surface area contributed by atoms with Crippen LogP contribution >= 0.6 is 11.6 Å². The number of primary amides is 1. The number of carbonyl (C=O) groups is 2. The van der Waals surface area contributed by atoms with E-state index in [1.54, 1.807) is 12.1 Å². The molecule has 0 saturated carbocycles. The van der Waals surface area contributed by atoms with Gasteiger partial charge < -0.3 is 25.1 Å². The molecule has 0 unspecified atom stereocenters. The van der Waals surface area contributed by atoms with Crippen LogP contribution < -0.4 is 16.6 Å². The van der Waals surface area contributed by atoms with E-state index in [2.05, 4.69) is 10.1 Å². The number of anilines is 1. The Labute approximate surface area is 222 Å². The maximum atomic E-state index is 13.3. The van der Waals surface area contributed by atoms with Gasteiger partial charge in [-0.25, -0.2) is 0 Å². The van der Waals surface area contributed by atoms with Crippen molar-refractivity contribution in [1.29, 1.82) is 0 Å². The van der Waals surface area contributed by atoms with E-state index < -0.39 is 36.6 Å². The Morgan fingerprint density at radius 1 is 1.16 bits per heavy atom. The normalized spacial score (nSPS) is 15.7. The number of carbonyl (C=O) groups excluding carboxylic acids is 2. The average Bonchev–Trinajstić information content (AvgIpc) is 2.86. The van der Waals surface area contributed by atoms with Crippen molar-refractivity contribution in [2.75, 3.05) is 11.9 Å². The monoisotopic (exact) mass is 545 g/mol. The largest absolute Gasteiger partial charge is 0.373 e. The molecule has 1 aliphatic heterocycles. The molecule has 2 amide bonds. The number of rotatable bonds is 8. The van der Waals surface area contributed by atoms with Gasteiger partial charge in [0.1, 0.15) is 6.04 Å². The third-order valence-corrected chi connectivity index (χ3v) is 6.50. The molecule has 200 valence electrons. The van der Waals surface area contributed by atoms with E-state index in [1.807, 2.05) is 13.0 Å². The van der Waals surface area contributed by atoms with Gasteiger partial charge in [-0.1, -0.05) is 17.7 Å². The molecule has 2 aromatic carbocycles. The van der Waals surface area contributed by atoms with Crippen molar-refractivity contribution in [3.63, 3.8) is 0 Å². The van der Waals surface area contributed by atoms with Crippen molar-refractivity contribution in [3.8, 4) is 11.1 Å². The summed E-state index contributed by atoms with van der Waals surface area (Å²) in [6, 6.07) is 11.5. The predicted octanol–water partition coefficient (Wildman–Crippen LogP) is 4.54. The van der Waals surface area contributed by atoms with Crippen molar-refractivity contribution in [1.82, 2.24) is 4.57 Å². The maximum Gasteiger partial charge on any atom is 0.345 e. The molecule has 3 aromatic rings. The van der Waals surface area contributed by atoms with Gasteiger partial charge in [0, 0.05) is 40.5 Å². The Bertz CT molecular complexity index is 1390. The third-order valence-electron chi connectivity index (χ3n) is 6.27. The minimum atomic E-state index is -3.02. The molecular weight excluding hydrogens is 520 g/mol. The van der Waals surface area contributed by atoms with Gasteiger partial charge in [-0.3, -0.25) is 14.4 Å². The number of fused-ring (bicyclic) bond motifs is 3. The number of nitrogens with zero attached hydrogens (tertiary/aromatic N) is 1. The van der Waals surface area contributed by atoms with Crippen LogP contribution in [0.25, 0.3) is 11.1 Å². The molecule has 0 fully saturated rings. The average molecular weight is 546 g/mol. The minimum Gasteiger partial charge on any atom is -0.373 e. The van der Waals surface area contributed by atoms with E-state index in [9.17, 15) is 23.2 Å². The molecule has 3 N–H and O–H groups in total. The summed E-state index contributed by atoms with van der Waals surface area (Å²) in [6.45, 7) is -1.39. The summed E-state index contributed by atoms with van der Waals surface area (Å²) in [6.07, 6.45) is 1.82. The van der Waals surface area contributed by atoms with Crippen LogP contribution in [0.15, 0.2) is 59.5 Å². The molecule has 8 nitrogen and oxygen atoms in total. The number of hydrogen-bond acceptors (Lipinski definition) is 5. The number of nitrogens with one attached hydrogen (secondary N) is 1. The summed E-state index contributed by atoms with van der Waals surface area (Å²) in [5, 5.41) is 3.17. The van der Waals surface area contributed by atoms with Crippen LogP contribution in [0.3, 0.4) is 0 Å². The molecule has 11 heteroatoms. The van der Waals surface area contributed by atoms with Crippen molar-refractivity contribution < 1.29 is 27.8 Å². The zero-order valence-corrected chi connectivity index (χ0v) is 21.2. The van der Waals surface area contributed by atoms with Crippen LogP contribution in [0.1, 0.15) is 40.9 Å². The first-order valence-corrected chi connectivity index (χ1v) is 12.3. The molecule has 2 atom stereocenters. The molecule has 1 aromatic heterocycles. The maximum absolute atomic E-state index is 13.3. The van der Waals surface area contributed by atoms with Gasteiger partial charge in [0.25, 0.3) is 5.56 Å². The third kappa shape index (κ3) is 6.45. The first-order valence-electron chi connectivity index (χ1n) is 11.9. The number of hydrogen-bond donors (Lipinski definition) is 2. The van der Waals surface area contributed by atoms with Crippen LogP contribution in [0.4, 0.5) is 14.5 Å². The number of nitrogens with two attached hydrogens (primary N) is 1. The van der Waals surface area contributed by atoms with E-state index in [4.69, 9.17) is 22.1 Å². The van der Waals surface area contributed by atoms with Gasteiger partial charge in [0.2, 0.25) is 11.8 Å². The van der Waals surface area contributed by atoms with Crippen LogP contribution in [0.2, 0.25) is 5.02 Å². The first-order chi connectivity index (χ1) is 18.1. The number of ether oxygens (including phenoxy) is 2. The zero-order chi connectivity index (χ0) is 27.4. The van der Waals surface area contributed by atoms with Gasteiger partial charge in [-0.15, -0.1) is 0 Å². The summed E-state index contributed by atoms with van der Waals surface area (Å²) < 4.78 is 36.9. The highest BCUT2D eigenvalue weighted by atomic mass is 35.5. The number of benzene rings is 2. The van der Waals surface area contributed by atoms with E-state index >= 15 is 0 Å². The number of halogens is 3. The van der Waals surface area contributed by atoms with Gasteiger partial charge in [0.05, 0.1) is 19.3 Å². The first kappa shape index (κ1) is 27.4. The van der Waals surface area contributed by atoms with Crippen LogP contribution in [-0.4, -0.2) is 35.7 Å². The lowest BCUT2D eigenvalue weighted by Gasteiger charge is -2.25. The van der Waals surface area contributed by atoms with E-state index in [1.165, 1.54) is 41.1 Å². The smallest absolute Gasteiger partial charge is 0.345 e. The quantitative estimate of drug-likeness (QED) is 0.431. The highest BCUT2D eigenvalue weighted by molar-refractivity contribution is 6.30. The molecule has 1 aliphatic rings. The van der Waals surface area contributed by atoms with E-state index in [-0.39, 0.29) is 24.7 Å². The predicted molar refractivity (Wildman–Crippen MR) is 138 cm³/mol. The second kappa shape index (κ2) is 11.8.